The molecule has 0 saturated carbocycles. The van der Waals surface area contributed by atoms with Crippen molar-refractivity contribution in [2.75, 3.05) is 13.2 Å². The van der Waals surface area contributed by atoms with E-state index in [1.807, 2.05) is 12.2 Å². The third kappa shape index (κ3) is 49.2. The lowest BCUT2D eigenvalue weighted by Gasteiger charge is -2.18. The fourth-order valence-electron chi connectivity index (χ4n) is 6.68. The third-order valence-corrected chi connectivity index (χ3v) is 10.6. The summed E-state index contributed by atoms with van der Waals surface area (Å²) in [5, 5.41) is 0. The molecule has 0 rings (SSSR count). The summed E-state index contributed by atoms with van der Waals surface area (Å²) in [4.78, 5) is 37.9. The molecule has 1 unspecified atom stereocenters. The van der Waals surface area contributed by atoms with Crippen molar-refractivity contribution in [3.63, 3.8) is 0 Å². The van der Waals surface area contributed by atoms with Gasteiger partial charge in [-0.2, -0.15) is 0 Å². The monoisotopic (exact) mass is 875 g/mol. The van der Waals surface area contributed by atoms with Gasteiger partial charge in [0.1, 0.15) is 13.2 Å². The summed E-state index contributed by atoms with van der Waals surface area (Å²) in [6, 6.07) is 0. The molecule has 358 valence electrons. The van der Waals surface area contributed by atoms with Gasteiger partial charge < -0.3 is 14.2 Å². The Balaban J connectivity index is 4.51. The average molecular weight is 875 g/mol. The molecule has 0 aliphatic rings. The molecule has 0 amide bonds. The molecule has 0 aromatic carbocycles. The van der Waals surface area contributed by atoms with Crippen molar-refractivity contribution in [1.82, 2.24) is 0 Å². The average Bonchev–Trinajstić information content (AvgIpc) is 3.28. The van der Waals surface area contributed by atoms with Crippen LogP contribution >= 0.6 is 0 Å². The van der Waals surface area contributed by atoms with E-state index in [9.17, 15) is 14.4 Å². The van der Waals surface area contributed by atoms with Crippen molar-refractivity contribution >= 4 is 17.9 Å². The zero-order valence-corrected chi connectivity index (χ0v) is 40.8. The van der Waals surface area contributed by atoms with E-state index < -0.39 is 6.10 Å². The minimum atomic E-state index is -0.815. The number of hydrogen-bond donors (Lipinski definition) is 0. The first-order chi connectivity index (χ1) is 31.0. The Labute approximate surface area is 387 Å². The van der Waals surface area contributed by atoms with E-state index in [4.69, 9.17) is 14.2 Å². The molecule has 0 fully saturated rings. The number of hydrogen-bond acceptors (Lipinski definition) is 6. The molecule has 0 spiro atoms. The van der Waals surface area contributed by atoms with Gasteiger partial charge in [0.25, 0.3) is 0 Å². The van der Waals surface area contributed by atoms with Gasteiger partial charge in [0, 0.05) is 19.3 Å². The van der Waals surface area contributed by atoms with Gasteiger partial charge in [-0.3, -0.25) is 14.4 Å². The largest absolute Gasteiger partial charge is 0.462 e. The summed E-state index contributed by atoms with van der Waals surface area (Å²) in [5.74, 6) is -1.02. The zero-order valence-electron chi connectivity index (χ0n) is 40.8. The normalized spacial score (nSPS) is 12.9. The first-order valence-corrected chi connectivity index (χ1v) is 25.7. The van der Waals surface area contributed by atoms with Gasteiger partial charge in [-0.05, 0) is 103 Å². The maximum absolute atomic E-state index is 12.8. The summed E-state index contributed by atoms with van der Waals surface area (Å²) in [6.07, 6.45) is 66.9. The van der Waals surface area contributed by atoms with Crippen LogP contribution in [-0.4, -0.2) is 37.2 Å². The maximum Gasteiger partial charge on any atom is 0.306 e. The first kappa shape index (κ1) is 59.3. The van der Waals surface area contributed by atoms with Gasteiger partial charge in [-0.15, -0.1) is 0 Å². The number of rotatable bonds is 45. The highest BCUT2D eigenvalue weighted by Crippen LogP contribution is 2.13. The molecule has 0 heterocycles. The molecule has 0 aliphatic heterocycles. The summed E-state index contributed by atoms with van der Waals surface area (Å²) in [6.45, 7) is 6.39. The van der Waals surface area contributed by atoms with Crippen LogP contribution in [-0.2, 0) is 28.6 Å². The van der Waals surface area contributed by atoms with E-state index in [0.717, 1.165) is 103 Å². The molecule has 0 N–H and O–H groups in total. The van der Waals surface area contributed by atoms with E-state index in [1.54, 1.807) is 0 Å². The highest BCUT2D eigenvalue weighted by atomic mass is 16.6. The van der Waals surface area contributed by atoms with Crippen LogP contribution in [0.1, 0.15) is 226 Å². The molecular formula is C57H94O6. The summed E-state index contributed by atoms with van der Waals surface area (Å²) >= 11 is 0. The summed E-state index contributed by atoms with van der Waals surface area (Å²) in [5.41, 5.74) is 0. The van der Waals surface area contributed by atoms with Gasteiger partial charge in [-0.25, -0.2) is 0 Å². The molecule has 63 heavy (non-hydrogen) atoms. The van der Waals surface area contributed by atoms with Crippen LogP contribution in [0, 0.1) is 0 Å². The number of esters is 3. The highest BCUT2D eigenvalue weighted by molar-refractivity contribution is 5.71. The van der Waals surface area contributed by atoms with Gasteiger partial charge in [0.2, 0.25) is 0 Å². The molecule has 0 saturated heterocycles. The molecule has 0 radical (unpaired) electrons. The molecule has 1 atom stereocenters. The van der Waals surface area contributed by atoms with Crippen LogP contribution < -0.4 is 0 Å². The molecule has 0 aromatic heterocycles. The number of ether oxygens (including phenoxy) is 3. The maximum atomic E-state index is 12.8. The molecule has 6 heteroatoms. The number of carbonyl (C=O) groups is 3. The van der Waals surface area contributed by atoms with Crippen LogP contribution in [0.4, 0.5) is 0 Å². The number of carbonyl (C=O) groups excluding carboxylic acids is 3. The van der Waals surface area contributed by atoms with E-state index >= 15 is 0 Å². The van der Waals surface area contributed by atoms with Gasteiger partial charge in [0.15, 0.2) is 6.10 Å². The van der Waals surface area contributed by atoms with E-state index in [-0.39, 0.29) is 37.5 Å². The van der Waals surface area contributed by atoms with E-state index in [0.29, 0.717) is 19.3 Å². The molecule has 6 nitrogen and oxygen atoms in total. The fourth-order valence-corrected chi connectivity index (χ4v) is 6.68. The van der Waals surface area contributed by atoms with Crippen molar-refractivity contribution < 1.29 is 28.6 Å². The topological polar surface area (TPSA) is 78.9 Å². The minimum Gasteiger partial charge on any atom is -0.462 e. The van der Waals surface area contributed by atoms with E-state index in [2.05, 4.69) is 106 Å². The second kappa shape index (κ2) is 51.0. The van der Waals surface area contributed by atoms with Gasteiger partial charge >= 0.3 is 17.9 Å². The van der Waals surface area contributed by atoms with Crippen LogP contribution in [0.5, 0.6) is 0 Å². The molecule has 0 aromatic rings. The summed E-state index contributed by atoms with van der Waals surface area (Å²) in [7, 11) is 0. The number of unbranched alkanes of at least 4 members (excludes halogenated alkanes) is 18. The van der Waals surface area contributed by atoms with Gasteiger partial charge in [-0.1, -0.05) is 201 Å². The predicted molar refractivity (Wildman–Crippen MR) is 270 cm³/mol. The fraction of sp³-hybridized carbons (Fsp3) is 0.667. The van der Waals surface area contributed by atoms with Crippen LogP contribution in [0.2, 0.25) is 0 Å². The van der Waals surface area contributed by atoms with Gasteiger partial charge in [0.05, 0.1) is 0 Å². The smallest absolute Gasteiger partial charge is 0.306 e. The predicted octanol–water partition coefficient (Wildman–Crippen LogP) is 17.0. The van der Waals surface area contributed by atoms with E-state index in [1.165, 1.54) is 77.0 Å². The Morgan fingerprint density at radius 1 is 0.333 bits per heavy atom. The zero-order chi connectivity index (χ0) is 45.8. The van der Waals surface area contributed by atoms with Crippen molar-refractivity contribution in [2.45, 2.75) is 232 Å². The Bertz CT molecular complexity index is 1280. The Hall–Kier alpha value is -3.67. The molecule has 0 bridgehead atoms. The minimum absolute atomic E-state index is 0.109. The van der Waals surface area contributed by atoms with Crippen molar-refractivity contribution in [1.29, 1.82) is 0 Å². The van der Waals surface area contributed by atoms with Crippen LogP contribution in [0.25, 0.3) is 0 Å². The molecular weight excluding hydrogens is 781 g/mol. The molecule has 0 aliphatic carbocycles. The highest BCUT2D eigenvalue weighted by Gasteiger charge is 2.19. The Morgan fingerprint density at radius 3 is 1.11 bits per heavy atom. The lowest BCUT2D eigenvalue weighted by atomic mass is 10.1. The Morgan fingerprint density at radius 2 is 0.667 bits per heavy atom. The standard InChI is InChI=1S/C57H94O6/c1-4-7-10-13-16-19-22-24-26-27-28-29-31-32-35-38-41-44-47-50-56(59)62-53-54(52-61-55(58)49-46-43-40-37-34-21-18-15-12-9-6-3)63-57(60)51-48-45-42-39-36-33-30-25-23-20-17-14-11-8-5-2/h7,10,15-16,18-19,24-26,28-30,32,35,41,44,54H,4-6,8-9,11-14,17,20-23,27,31,33-34,36-40,42-43,45-53H2,1-3H3/b10-7-,18-15-,19-16-,26-24-,29-28-,30-25-,35-32-,44-41-. The van der Waals surface area contributed by atoms with Crippen LogP contribution in [0.15, 0.2) is 97.2 Å². The quantitative estimate of drug-likeness (QED) is 0.0262. The van der Waals surface area contributed by atoms with Crippen molar-refractivity contribution in [3.8, 4) is 0 Å². The van der Waals surface area contributed by atoms with Crippen LogP contribution in [0.3, 0.4) is 0 Å². The third-order valence-electron chi connectivity index (χ3n) is 10.6. The SMILES string of the molecule is CC/C=C\C/C=C\C/C=C\C/C=C\C/C=C\C/C=C\CCC(=O)OCC(COC(=O)CCCCCCC/C=C\CCCC)OC(=O)CCCCCCC/C=C\CCCCCCCC. The lowest BCUT2D eigenvalue weighted by Crippen LogP contribution is -2.30. The lowest BCUT2D eigenvalue weighted by molar-refractivity contribution is -0.166. The first-order valence-electron chi connectivity index (χ1n) is 25.7. The Kier molecular flexibility index (Phi) is 48.0. The van der Waals surface area contributed by atoms with Crippen molar-refractivity contribution in [3.05, 3.63) is 97.2 Å². The number of allylic oxidation sites excluding steroid dienone is 16. The summed E-state index contributed by atoms with van der Waals surface area (Å²) < 4.78 is 16.7. The second-order valence-electron chi connectivity index (χ2n) is 16.7. The van der Waals surface area contributed by atoms with Crippen molar-refractivity contribution in [2.24, 2.45) is 0 Å². The second-order valence-corrected chi connectivity index (χ2v) is 16.7.